The first-order chi connectivity index (χ1) is 20.8. The zero-order chi connectivity index (χ0) is 31.8. The van der Waals surface area contributed by atoms with Gasteiger partial charge in [0, 0.05) is 45.9 Å². The average Bonchev–Trinajstić information content (AvgIpc) is 3.38. The van der Waals surface area contributed by atoms with E-state index in [4.69, 9.17) is 19.9 Å². The fourth-order valence-corrected chi connectivity index (χ4v) is 5.42. The number of hydrogen-bond donors (Lipinski definition) is 2. The van der Waals surface area contributed by atoms with Crippen LogP contribution in [0.1, 0.15) is 55.3 Å². The third-order valence-corrected chi connectivity index (χ3v) is 7.31. The van der Waals surface area contributed by atoms with Crippen molar-refractivity contribution in [1.82, 2.24) is 19.6 Å². The van der Waals surface area contributed by atoms with Gasteiger partial charge < -0.3 is 14.9 Å². The summed E-state index contributed by atoms with van der Waals surface area (Å²) in [5.41, 5.74) is 8.52. The molecule has 0 spiro atoms. The molecule has 3 aromatic heterocycles. The van der Waals surface area contributed by atoms with Gasteiger partial charge in [-0.2, -0.15) is 5.10 Å². The molecule has 0 unspecified atom stereocenters. The monoisotopic (exact) mass is 596 g/mol. The van der Waals surface area contributed by atoms with Crippen molar-refractivity contribution < 1.29 is 24.1 Å². The van der Waals surface area contributed by atoms with Crippen LogP contribution in [0.4, 0.5) is 4.39 Å². The third-order valence-electron chi connectivity index (χ3n) is 7.31. The summed E-state index contributed by atoms with van der Waals surface area (Å²) in [6.07, 6.45) is 3.02. The maximum atomic E-state index is 15.3. The quantitative estimate of drug-likeness (QED) is 0.227. The van der Waals surface area contributed by atoms with Crippen LogP contribution in [0.5, 0.6) is 5.75 Å². The molecule has 0 fully saturated rings. The number of ether oxygens (including phenoxy) is 1. The van der Waals surface area contributed by atoms with Gasteiger partial charge in [0.15, 0.2) is 17.2 Å². The highest BCUT2D eigenvalue weighted by Gasteiger charge is 2.26. The first kappa shape index (κ1) is 30.8. The number of rotatable bonds is 5. The summed E-state index contributed by atoms with van der Waals surface area (Å²) in [6.45, 7) is 11.4. The molecule has 8 nitrogen and oxygen atoms in total. The van der Waals surface area contributed by atoms with Crippen molar-refractivity contribution in [3.05, 3.63) is 88.6 Å². The van der Waals surface area contributed by atoms with E-state index in [2.05, 4.69) is 11.1 Å². The highest BCUT2D eigenvalue weighted by atomic mass is 19.1. The van der Waals surface area contributed by atoms with Crippen LogP contribution in [0.2, 0.25) is 0 Å². The Morgan fingerprint density at radius 1 is 1.05 bits per heavy atom. The predicted molar refractivity (Wildman–Crippen MR) is 168 cm³/mol. The molecule has 0 saturated carbocycles. The molecule has 0 bridgehead atoms. The Balaban J connectivity index is 0.000000712. The lowest BCUT2D eigenvalue weighted by Gasteiger charge is -2.23. The summed E-state index contributed by atoms with van der Waals surface area (Å²) < 4.78 is 22.6. The van der Waals surface area contributed by atoms with E-state index in [9.17, 15) is 9.90 Å². The third kappa shape index (κ3) is 6.63. The largest absolute Gasteiger partial charge is 0.490 e. The van der Waals surface area contributed by atoms with Gasteiger partial charge in [0.2, 0.25) is 0 Å². The number of aromatic nitrogens is 4. The van der Waals surface area contributed by atoms with E-state index in [0.29, 0.717) is 46.9 Å². The Morgan fingerprint density at radius 2 is 1.75 bits per heavy atom. The number of benzene rings is 2. The van der Waals surface area contributed by atoms with Gasteiger partial charge in [0.25, 0.3) is 0 Å². The Morgan fingerprint density at radius 3 is 2.45 bits per heavy atom. The van der Waals surface area contributed by atoms with E-state index in [1.54, 1.807) is 38.4 Å². The lowest BCUT2D eigenvalue weighted by Crippen LogP contribution is -2.14. The second kappa shape index (κ2) is 12.2. The van der Waals surface area contributed by atoms with Crippen LogP contribution in [0.25, 0.3) is 39.3 Å². The second-order valence-corrected chi connectivity index (χ2v) is 12.1. The number of carboxylic acid groups (broad SMARTS) is 1. The van der Waals surface area contributed by atoms with E-state index >= 15 is 4.39 Å². The van der Waals surface area contributed by atoms with Crippen molar-refractivity contribution in [2.45, 2.75) is 66.4 Å². The number of pyridine rings is 1. The predicted octanol–water partition coefficient (Wildman–Crippen LogP) is 6.92. The van der Waals surface area contributed by atoms with Crippen LogP contribution in [-0.4, -0.2) is 48.0 Å². The Bertz CT molecular complexity index is 1870. The molecule has 44 heavy (non-hydrogen) atoms. The van der Waals surface area contributed by atoms with E-state index in [-0.39, 0.29) is 12.2 Å². The summed E-state index contributed by atoms with van der Waals surface area (Å²) in [5.74, 6) is -1.16. The van der Waals surface area contributed by atoms with Crippen molar-refractivity contribution in [1.29, 1.82) is 0 Å². The topological polar surface area (TPSA) is 110 Å². The molecule has 0 atom stereocenters. The molecule has 228 valence electrons. The van der Waals surface area contributed by atoms with E-state index in [1.165, 1.54) is 6.07 Å². The molecule has 0 amide bonds. The molecule has 0 saturated heterocycles. The summed E-state index contributed by atoms with van der Waals surface area (Å²) in [5, 5.41) is 23.2. The number of carboxylic acids is 1. The van der Waals surface area contributed by atoms with E-state index in [1.807, 2.05) is 50.2 Å². The number of aryl methyl sites for hydroxylation is 2. The standard InChI is InChI=1S/C31H27FN4O3.C4H10O/c1-17-12-21(9-10-33-17)20-6-4-7-22(13-20)27-16-28-34-19(3)25(15-29(37)38)30(36(28)35-27)24-14-26(32)31-23(18(24)2)8-5-11-39-31;1-4(2,3)5/h4,6-7,9-10,12-14,16H,5,8,11,15H2,1-3H3,(H,37,38);5H,1-3H3. The number of hydrogen-bond acceptors (Lipinski definition) is 6. The minimum absolute atomic E-state index is 0.259. The zero-order valence-electron chi connectivity index (χ0n) is 25.9. The first-order valence-corrected chi connectivity index (χ1v) is 14.6. The summed E-state index contributed by atoms with van der Waals surface area (Å²) in [4.78, 5) is 20.9. The molecule has 6 rings (SSSR count). The molecule has 5 aromatic rings. The van der Waals surface area contributed by atoms with Crippen LogP contribution in [0.3, 0.4) is 0 Å². The number of fused-ring (bicyclic) bond motifs is 2. The normalized spacial score (nSPS) is 12.7. The van der Waals surface area contributed by atoms with Crippen LogP contribution in [-0.2, 0) is 17.6 Å². The minimum Gasteiger partial charge on any atom is -0.490 e. The van der Waals surface area contributed by atoms with Crippen LogP contribution >= 0.6 is 0 Å². The minimum atomic E-state index is -0.993. The summed E-state index contributed by atoms with van der Waals surface area (Å²) in [6, 6.07) is 15.4. The van der Waals surface area contributed by atoms with Crippen LogP contribution in [0.15, 0.2) is 54.7 Å². The van der Waals surface area contributed by atoms with Gasteiger partial charge in [0.05, 0.1) is 30.0 Å². The molecule has 1 aliphatic rings. The molecule has 4 heterocycles. The number of nitrogens with zero attached hydrogens (tertiary/aromatic N) is 4. The van der Waals surface area contributed by atoms with Gasteiger partial charge >= 0.3 is 5.97 Å². The molecule has 0 aliphatic carbocycles. The van der Waals surface area contributed by atoms with Crippen molar-refractivity contribution >= 4 is 11.6 Å². The van der Waals surface area contributed by atoms with E-state index in [0.717, 1.165) is 39.9 Å². The summed E-state index contributed by atoms with van der Waals surface area (Å²) in [7, 11) is 0. The molecular weight excluding hydrogens is 559 g/mol. The zero-order valence-corrected chi connectivity index (χ0v) is 25.9. The highest BCUT2D eigenvalue weighted by Crippen LogP contribution is 2.39. The second-order valence-electron chi connectivity index (χ2n) is 12.1. The lowest BCUT2D eigenvalue weighted by molar-refractivity contribution is -0.136. The number of aliphatic carboxylic acids is 1. The average molecular weight is 597 g/mol. The molecular formula is C35H37FN4O4. The van der Waals surface area contributed by atoms with Crippen LogP contribution in [0, 0.1) is 26.6 Å². The number of carbonyl (C=O) groups is 1. The van der Waals surface area contributed by atoms with Crippen LogP contribution < -0.4 is 4.74 Å². The van der Waals surface area contributed by atoms with Gasteiger partial charge in [0.1, 0.15) is 0 Å². The molecule has 2 N–H and O–H groups in total. The summed E-state index contributed by atoms with van der Waals surface area (Å²) >= 11 is 0. The smallest absolute Gasteiger partial charge is 0.307 e. The maximum absolute atomic E-state index is 15.3. The Hall–Kier alpha value is -4.63. The Kier molecular flexibility index (Phi) is 8.52. The first-order valence-electron chi connectivity index (χ1n) is 14.6. The maximum Gasteiger partial charge on any atom is 0.307 e. The highest BCUT2D eigenvalue weighted by molar-refractivity contribution is 5.80. The fourth-order valence-electron chi connectivity index (χ4n) is 5.42. The SMILES string of the molecule is CC(C)(C)O.Cc1cc(-c2cccc(-c3cc4nc(C)c(CC(=O)O)c(-c5cc(F)c6c(c5C)CCCO6)n4n3)c2)ccn1. The molecule has 9 heteroatoms. The van der Waals surface area contributed by atoms with Gasteiger partial charge in [-0.1, -0.05) is 18.2 Å². The molecule has 2 aromatic carbocycles. The van der Waals surface area contributed by atoms with Crippen molar-refractivity contribution in [2.24, 2.45) is 0 Å². The van der Waals surface area contributed by atoms with Gasteiger partial charge in [-0.05, 0) is 95.3 Å². The van der Waals surface area contributed by atoms with Crippen molar-refractivity contribution in [2.75, 3.05) is 6.61 Å². The van der Waals surface area contributed by atoms with Crippen molar-refractivity contribution in [3.63, 3.8) is 0 Å². The molecule has 1 aliphatic heterocycles. The van der Waals surface area contributed by atoms with Crippen molar-refractivity contribution in [3.8, 4) is 39.4 Å². The number of halogens is 1. The number of aliphatic hydroxyl groups is 1. The van der Waals surface area contributed by atoms with Gasteiger partial charge in [-0.3, -0.25) is 9.78 Å². The van der Waals surface area contributed by atoms with Gasteiger partial charge in [-0.15, -0.1) is 0 Å². The lowest BCUT2D eigenvalue weighted by atomic mass is 9.91. The van der Waals surface area contributed by atoms with Gasteiger partial charge in [-0.25, -0.2) is 13.9 Å². The Labute approximate surface area is 256 Å². The molecule has 0 radical (unpaired) electrons. The fraction of sp³-hybridized carbons (Fsp3) is 0.314. The van der Waals surface area contributed by atoms with E-state index < -0.39 is 17.4 Å².